The number of rotatable bonds is 1. The van der Waals surface area contributed by atoms with Crippen molar-refractivity contribution in [3.05, 3.63) is 11.3 Å². The molecule has 6 heteroatoms. The van der Waals surface area contributed by atoms with Crippen LogP contribution in [0, 0.1) is 0 Å². The van der Waals surface area contributed by atoms with Gasteiger partial charge < -0.3 is 11.5 Å². The third-order valence-corrected chi connectivity index (χ3v) is 2.24. The summed E-state index contributed by atoms with van der Waals surface area (Å²) in [5, 5.41) is 3.00. The van der Waals surface area contributed by atoms with Crippen LogP contribution in [-0.2, 0) is 11.3 Å². The molecule has 74 valence electrons. The number of anilines is 2. The maximum atomic E-state index is 11.2. The lowest BCUT2D eigenvalue weighted by atomic mass is 10.1. The Bertz CT molecular complexity index is 403. The first kappa shape index (κ1) is 8.89. The number of hydrogen-bond donors (Lipinski definition) is 3. The molecule has 0 spiro atoms. The number of ketones is 1. The smallest absolute Gasteiger partial charge is 0.222 e. The van der Waals surface area contributed by atoms with Crippen molar-refractivity contribution in [1.29, 1.82) is 0 Å². The Kier molecular flexibility index (Phi) is 1.85. The minimum atomic E-state index is -0.384. The standard InChI is InChI=1S/C8H11N5O/c1-3(14)6-5-4(2-11-6)12-8(10)13-7(5)9/h6,11H,2H2,1H3,(H4,9,10,12,13). The van der Waals surface area contributed by atoms with Gasteiger partial charge in [-0.1, -0.05) is 0 Å². The number of nitrogens with two attached hydrogens (primary N) is 2. The summed E-state index contributed by atoms with van der Waals surface area (Å²) in [6, 6.07) is -0.384. The van der Waals surface area contributed by atoms with Crippen molar-refractivity contribution in [2.24, 2.45) is 0 Å². The molecule has 0 aliphatic carbocycles. The summed E-state index contributed by atoms with van der Waals surface area (Å²) in [5.74, 6) is 0.439. The average Bonchev–Trinajstić information content (AvgIpc) is 2.47. The van der Waals surface area contributed by atoms with Crippen LogP contribution in [0.5, 0.6) is 0 Å². The molecule has 2 rings (SSSR count). The van der Waals surface area contributed by atoms with E-state index >= 15 is 0 Å². The number of nitrogen functional groups attached to an aromatic ring is 2. The van der Waals surface area contributed by atoms with E-state index in [1.165, 1.54) is 6.92 Å². The van der Waals surface area contributed by atoms with E-state index in [-0.39, 0.29) is 23.6 Å². The van der Waals surface area contributed by atoms with Crippen molar-refractivity contribution >= 4 is 17.5 Å². The normalized spacial score (nSPS) is 19.4. The summed E-state index contributed by atoms with van der Waals surface area (Å²) < 4.78 is 0. The molecule has 0 amide bonds. The molecule has 1 atom stereocenters. The maximum Gasteiger partial charge on any atom is 0.222 e. The fourth-order valence-electron chi connectivity index (χ4n) is 1.65. The highest BCUT2D eigenvalue weighted by molar-refractivity contribution is 5.85. The molecule has 0 aromatic carbocycles. The Balaban J connectivity index is 2.54. The molecular weight excluding hydrogens is 182 g/mol. The molecule has 5 N–H and O–H groups in total. The van der Waals surface area contributed by atoms with Gasteiger partial charge in [-0.15, -0.1) is 0 Å². The summed E-state index contributed by atoms with van der Waals surface area (Å²) in [4.78, 5) is 19.1. The lowest BCUT2D eigenvalue weighted by molar-refractivity contribution is -0.118. The zero-order valence-electron chi connectivity index (χ0n) is 7.74. The molecule has 1 aliphatic rings. The number of hydrogen-bond acceptors (Lipinski definition) is 6. The third-order valence-electron chi connectivity index (χ3n) is 2.24. The number of carbonyl (C=O) groups excluding carboxylic acids is 1. The van der Waals surface area contributed by atoms with E-state index in [1.807, 2.05) is 0 Å². The Morgan fingerprint density at radius 3 is 2.86 bits per heavy atom. The average molecular weight is 193 g/mol. The summed E-state index contributed by atoms with van der Waals surface area (Å²) in [7, 11) is 0. The van der Waals surface area contributed by atoms with Crippen molar-refractivity contribution in [3.63, 3.8) is 0 Å². The van der Waals surface area contributed by atoms with Crippen LogP contribution in [0.15, 0.2) is 0 Å². The minimum Gasteiger partial charge on any atom is -0.383 e. The highest BCUT2D eigenvalue weighted by Gasteiger charge is 2.29. The predicted octanol–water partition coefficient (Wildman–Crippen LogP) is -0.626. The van der Waals surface area contributed by atoms with Gasteiger partial charge in [0.15, 0.2) is 5.78 Å². The summed E-state index contributed by atoms with van der Waals surface area (Å²) >= 11 is 0. The van der Waals surface area contributed by atoms with Gasteiger partial charge in [0.2, 0.25) is 5.95 Å². The van der Waals surface area contributed by atoms with Crippen LogP contribution >= 0.6 is 0 Å². The molecule has 6 nitrogen and oxygen atoms in total. The number of fused-ring (bicyclic) bond motifs is 1. The van der Waals surface area contributed by atoms with Crippen LogP contribution in [0.4, 0.5) is 11.8 Å². The van der Waals surface area contributed by atoms with E-state index in [0.29, 0.717) is 12.1 Å². The summed E-state index contributed by atoms with van der Waals surface area (Å²) in [6.45, 7) is 2.01. The molecule has 0 radical (unpaired) electrons. The van der Waals surface area contributed by atoms with E-state index in [9.17, 15) is 4.79 Å². The second-order valence-corrected chi connectivity index (χ2v) is 3.25. The largest absolute Gasteiger partial charge is 0.383 e. The van der Waals surface area contributed by atoms with Gasteiger partial charge in [-0.05, 0) is 6.92 Å². The Labute approximate surface area is 80.7 Å². The monoisotopic (exact) mass is 193 g/mol. The second-order valence-electron chi connectivity index (χ2n) is 3.25. The van der Waals surface area contributed by atoms with Gasteiger partial charge in [-0.2, -0.15) is 4.98 Å². The molecule has 0 fully saturated rings. The first-order valence-corrected chi connectivity index (χ1v) is 4.25. The molecule has 1 aromatic heterocycles. The lowest BCUT2D eigenvalue weighted by Gasteiger charge is -2.08. The fraction of sp³-hybridized carbons (Fsp3) is 0.375. The van der Waals surface area contributed by atoms with Gasteiger partial charge in [-0.25, -0.2) is 4.98 Å². The quantitative estimate of drug-likeness (QED) is 0.548. The summed E-state index contributed by atoms with van der Waals surface area (Å²) in [5.41, 5.74) is 12.5. The van der Waals surface area contributed by atoms with Gasteiger partial charge >= 0.3 is 0 Å². The lowest BCUT2D eigenvalue weighted by Crippen LogP contribution is -2.20. The zero-order chi connectivity index (χ0) is 10.3. The van der Waals surface area contributed by atoms with Gasteiger partial charge in [0.1, 0.15) is 5.82 Å². The summed E-state index contributed by atoms with van der Waals surface area (Å²) in [6.07, 6.45) is 0. The molecule has 0 saturated heterocycles. The van der Waals surface area contributed by atoms with Crippen molar-refractivity contribution in [2.45, 2.75) is 19.5 Å². The minimum absolute atomic E-state index is 0.00354. The molecular formula is C8H11N5O. The number of Topliss-reactive ketones (excluding diaryl/α,β-unsaturated/α-hetero) is 1. The van der Waals surface area contributed by atoms with Crippen LogP contribution in [0.3, 0.4) is 0 Å². The molecule has 0 bridgehead atoms. The van der Waals surface area contributed by atoms with Gasteiger partial charge in [0, 0.05) is 12.1 Å². The Morgan fingerprint density at radius 2 is 2.21 bits per heavy atom. The second kappa shape index (κ2) is 2.91. The molecule has 14 heavy (non-hydrogen) atoms. The van der Waals surface area contributed by atoms with Crippen LogP contribution in [-0.4, -0.2) is 15.8 Å². The van der Waals surface area contributed by atoms with E-state index in [1.54, 1.807) is 0 Å². The molecule has 1 unspecified atom stereocenters. The van der Waals surface area contributed by atoms with Gasteiger partial charge in [0.25, 0.3) is 0 Å². The third kappa shape index (κ3) is 1.20. The number of nitrogens with one attached hydrogen (secondary N) is 1. The Morgan fingerprint density at radius 1 is 1.50 bits per heavy atom. The van der Waals surface area contributed by atoms with Crippen LogP contribution in [0.2, 0.25) is 0 Å². The first-order chi connectivity index (χ1) is 6.59. The SMILES string of the molecule is CC(=O)C1NCc2nc(N)nc(N)c21. The highest BCUT2D eigenvalue weighted by atomic mass is 16.1. The van der Waals surface area contributed by atoms with E-state index in [2.05, 4.69) is 15.3 Å². The maximum absolute atomic E-state index is 11.2. The predicted molar refractivity (Wildman–Crippen MR) is 51.1 cm³/mol. The van der Waals surface area contributed by atoms with Crippen molar-refractivity contribution in [3.8, 4) is 0 Å². The van der Waals surface area contributed by atoms with Gasteiger partial charge in [-0.3, -0.25) is 10.1 Å². The Hall–Kier alpha value is -1.69. The number of nitrogens with zero attached hydrogens (tertiary/aromatic N) is 2. The molecule has 1 aliphatic heterocycles. The van der Waals surface area contributed by atoms with E-state index < -0.39 is 0 Å². The van der Waals surface area contributed by atoms with Gasteiger partial charge in [0.05, 0.1) is 11.7 Å². The van der Waals surface area contributed by atoms with Crippen molar-refractivity contribution < 1.29 is 4.79 Å². The zero-order valence-corrected chi connectivity index (χ0v) is 7.74. The van der Waals surface area contributed by atoms with Crippen LogP contribution in [0.25, 0.3) is 0 Å². The topological polar surface area (TPSA) is 107 Å². The molecule has 0 saturated carbocycles. The van der Waals surface area contributed by atoms with E-state index in [4.69, 9.17) is 11.5 Å². The molecule has 2 heterocycles. The van der Waals surface area contributed by atoms with Crippen molar-refractivity contribution in [2.75, 3.05) is 11.5 Å². The van der Waals surface area contributed by atoms with Crippen LogP contribution in [0.1, 0.15) is 24.2 Å². The number of aromatic nitrogens is 2. The number of carbonyl (C=O) groups is 1. The highest BCUT2D eigenvalue weighted by Crippen LogP contribution is 2.28. The van der Waals surface area contributed by atoms with Crippen molar-refractivity contribution in [1.82, 2.24) is 15.3 Å². The fourth-order valence-corrected chi connectivity index (χ4v) is 1.65. The molecule has 1 aromatic rings. The van der Waals surface area contributed by atoms with Crippen LogP contribution < -0.4 is 16.8 Å². The first-order valence-electron chi connectivity index (χ1n) is 4.25. The van der Waals surface area contributed by atoms with E-state index in [0.717, 1.165) is 5.69 Å².